The van der Waals surface area contributed by atoms with Gasteiger partial charge in [0.15, 0.2) is 0 Å². The zero-order valence-electron chi connectivity index (χ0n) is 15.1. The van der Waals surface area contributed by atoms with Gasteiger partial charge in [0.25, 0.3) is 0 Å². The lowest BCUT2D eigenvalue weighted by Gasteiger charge is -2.52. The van der Waals surface area contributed by atoms with Crippen molar-refractivity contribution in [1.82, 2.24) is 4.90 Å². The first-order valence-electron chi connectivity index (χ1n) is 9.59. The summed E-state index contributed by atoms with van der Waals surface area (Å²) in [6.45, 7) is 1.26. The zero-order valence-corrected chi connectivity index (χ0v) is 15.1. The highest BCUT2D eigenvalue weighted by molar-refractivity contribution is 5.68. The number of piperidine rings is 2. The summed E-state index contributed by atoms with van der Waals surface area (Å²) >= 11 is 0. The van der Waals surface area contributed by atoms with Crippen molar-refractivity contribution in [1.29, 1.82) is 5.26 Å². The number of aliphatic hydroxyl groups excluding tert-OH is 1. The minimum Gasteiger partial charge on any atom is -0.465 e. The fraction of sp³-hybridized carbons (Fsp3) is 0.600. The average molecular weight is 373 g/mol. The fourth-order valence-corrected chi connectivity index (χ4v) is 5.64. The Morgan fingerprint density at radius 3 is 2.89 bits per heavy atom. The summed E-state index contributed by atoms with van der Waals surface area (Å²) in [5, 5.41) is 29.1. The smallest absolute Gasteiger partial charge is 0.408 e. The van der Waals surface area contributed by atoms with Crippen LogP contribution in [-0.4, -0.2) is 52.0 Å². The molecular weight excluding hydrogens is 349 g/mol. The van der Waals surface area contributed by atoms with Gasteiger partial charge in [-0.15, -0.1) is 0 Å². The van der Waals surface area contributed by atoms with E-state index in [4.69, 9.17) is 5.26 Å². The molecule has 1 amide bonds. The molecule has 3 saturated heterocycles. The SMILES string of the molecule is N#Cc1ccc(N2CCCC(C34CCC(CC(O)C3)N4C(=O)O)C2)c(F)c1. The Bertz CT molecular complexity index is 795. The molecule has 3 aliphatic heterocycles. The topological polar surface area (TPSA) is 87.8 Å². The highest BCUT2D eigenvalue weighted by atomic mass is 19.1. The lowest BCUT2D eigenvalue weighted by Crippen LogP contribution is -2.62. The average Bonchev–Trinajstić information content (AvgIpc) is 2.91. The molecule has 0 aromatic heterocycles. The second-order valence-electron chi connectivity index (χ2n) is 8.11. The molecule has 1 aromatic carbocycles. The Labute approximate surface area is 157 Å². The van der Waals surface area contributed by atoms with Crippen LogP contribution in [0.2, 0.25) is 0 Å². The van der Waals surface area contributed by atoms with Gasteiger partial charge in [-0.3, -0.25) is 4.90 Å². The molecule has 2 bridgehead atoms. The molecule has 0 spiro atoms. The molecule has 2 N–H and O–H groups in total. The van der Waals surface area contributed by atoms with E-state index in [1.807, 2.05) is 11.0 Å². The number of benzene rings is 1. The number of hydrogen-bond donors (Lipinski definition) is 2. The van der Waals surface area contributed by atoms with Gasteiger partial charge >= 0.3 is 6.09 Å². The minimum absolute atomic E-state index is 0.0531. The molecule has 0 radical (unpaired) electrons. The number of nitriles is 1. The van der Waals surface area contributed by atoms with E-state index in [9.17, 15) is 19.4 Å². The van der Waals surface area contributed by atoms with Crippen LogP contribution in [0.4, 0.5) is 14.9 Å². The van der Waals surface area contributed by atoms with Crippen LogP contribution in [0.15, 0.2) is 18.2 Å². The van der Waals surface area contributed by atoms with Crippen LogP contribution in [0.5, 0.6) is 0 Å². The Kier molecular flexibility index (Phi) is 4.47. The fourth-order valence-electron chi connectivity index (χ4n) is 5.64. The number of anilines is 1. The minimum atomic E-state index is -0.911. The van der Waals surface area contributed by atoms with Gasteiger partial charge in [0.2, 0.25) is 0 Å². The molecule has 0 saturated carbocycles. The van der Waals surface area contributed by atoms with E-state index in [-0.39, 0.29) is 17.5 Å². The molecule has 3 heterocycles. The molecule has 0 aliphatic carbocycles. The van der Waals surface area contributed by atoms with Gasteiger partial charge in [0.05, 0.1) is 29.0 Å². The van der Waals surface area contributed by atoms with Gasteiger partial charge in [0, 0.05) is 25.0 Å². The second-order valence-corrected chi connectivity index (χ2v) is 8.11. The summed E-state index contributed by atoms with van der Waals surface area (Å²) in [5.41, 5.74) is 0.188. The van der Waals surface area contributed by atoms with E-state index in [2.05, 4.69) is 0 Å². The van der Waals surface area contributed by atoms with E-state index in [0.717, 1.165) is 25.7 Å². The molecule has 4 atom stereocenters. The van der Waals surface area contributed by atoms with Gasteiger partial charge in [-0.25, -0.2) is 9.18 Å². The summed E-state index contributed by atoms with van der Waals surface area (Å²) in [7, 11) is 0. The van der Waals surface area contributed by atoms with E-state index in [1.165, 1.54) is 6.07 Å². The number of aliphatic hydroxyl groups is 1. The van der Waals surface area contributed by atoms with E-state index in [1.54, 1.807) is 17.0 Å². The molecule has 144 valence electrons. The summed E-state index contributed by atoms with van der Waals surface area (Å²) in [6.07, 6.45) is 2.85. The maximum atomic E-state index is 14.5. The Morgan fingerprint density at radius 2 is 2.19 bits per heavy atom. The molecule has 27 heavy (non-hydrogen) atoms. The maximum absolute atomic E-state index is 14.5. The largest absolute Gasteiger partial charge is 0.465 e. The van der Waals surface area contributed by atoms with Crippen LogP contribution in [0.3, 0.4) is 0 Å². The first-order valence-corrected chi connectivity index (χ1v) is 9.59. The van der Waals surface area contributed by atoms with Crippen LogP contribution < -0.4 is 4.90 Å². The number of amides is 1. The van der Waals surface area contributed by atoms with Gasteiger partial charge < -0.3 is 15.1 Å². The summed E-state index contributed by atoms with van der Waals surface area (Å²) in [6, 6.07) is 6.32. The zero-order chi connectivity index (χ0) is 19.2. The molecule has 7 heteroatoms. The number of nitrogens with zero attached hydrogens (tertiary/aromatic N) is 3. The lowest BCUT2D eigenvalue weighted by molar-refractivity contribution is -0.0390. The molecule has 6 nitrogen and oxygen atoms in total. The maximum Gasteiger partial charge on any atom is 0.408 e. The molecule has 1 aromatic rings. The van der Waals surface area contributed by atoms with Crippen molar-refractivity contribution >= 4 is 11.8 Å². The molecule has 4 unspecified atom stereocenters. The second kappa shape index (κ2) is 6.68. The Hall–Kier alpha value is -2.33. The van der Waals surface area contributed by atoms with Crippen LogP contribution >= 0.6 is 0 Å². The predicted octanol–water partition coefficient (Wildman–Crippen LogP) is 2.95. The highest BCUT2D eigenvalue weighted by Gasteiger charge is 2.57. The van der Waals surface area contributed by atoms with E-state index in [0.29, 0.717) is 31.6 Å². The Balaban J connectivity index is 1.62. The molecular formula is C20H24FN3O3. The highest BCUT2D eigenvalue weighted by Crippen LogP contribution is 2.50. The molecule has 4 rings (SSSR count). The Morgan fingerprint density at radius 1 is 1.37 bits per heavy atom. The lowest BCUT2D eigenvalue weighted by atomic mass is 9.72. The third-order valence-electron chi connectivity index (χ3n) is 6.69. The van der Waals surface area contributed by atoms with Gasteiger partial charge in [0.1, 0.15) is 5.82 Å². The first kappa shape index (κ1) is 18.1. The van der Waals surface area contributed by atoms with Crippen molar-refractivity contribution in [3.63, 3.8) is 0 Å². The van der Waals surface area contributed by atoms with Gasteiger partial charge in [-0.05, 0) is 56.7 Å². The number of hydrogen-bond acceptors (Lipinski definition) is 4. The first-order chi connectivity index (χ1) is 12.9. The van der Waals surface area contributed by atoms with Crippen molar-refractivity contribution in [2.45, 2.75) is 56.2 Å². The van der Waals surface area contributed by atoms with Gasteiger partial charge in [-0.2, -0.15) is 5.26 Å². The summed E-state index contributed by atoms with van der Waals surface area (Å²) < 4.78 is 14.5. The van der Waals surface area contributed by atoms with E-state index >= 15 is 0 Å². The number of halogens is 1. The number of rotatable bonds is 2. The standard InChI is InChI=1S/C20H24FN3O3/c21-17-8-13(11-22)3-4-18(17)23-7-1-2-14(12-23)20-6-5-15(9-16(25)10-20)24(20)19(26)27/h3-4,8,14-16,25H,1-2,5-7,9-10,12H2,(H,26,27). The predicted molar refractivity (Wildman–Crippen MR) is 96.9 cm³/mol. The molecule has 3 fully saturated rings. The van der Waals surface area contributed by atoms with Crippen LogP contribution in [0, 0.1) is 23.1 Å². The third kappa shape index (κ3) is 2.92. The number of carbonyl (C=O) groups is 1. The van der Waals surface area contributed by atoms with Crippen molar-refractivity contribution in [2.75, 3.05) is 18.0 Å². The third-order valence-corrected chi connectivity index (χ3v) is 6.69. The summed E-state index contributed by atoms with van der Waals surface area (Å²) in [5.74, 6) is -0.368. The number of fused-ring (bicyclic) bond motifs is 2. The van der Waals surface area contributed by atoms with Crippen molar-refractivity contribution in [3.8, 4) is 6.07 Å². The quantitative estimate of drug-likeness (QED) is 0.832. The van der Waals surface area contributed by atoms with Gasteiger partial charge in [-0.1, -0.05) is 0 Å². The monoisotopic (exact) mass is 373 g/mol. The van der Waals surface area contributed by atoms with Crippen LogP contribution in [0.1, 0.15) is 44.1 Å². The molecule has 3 aliphatic rings. The van der Waals surface area contributed by atoms with Crippen LogP contribution in [-0.2, 0) is 0 Å². The van der Waals surface area contributed by atoms with Crippen molar-refractivity contribution in [2.24, 2.45) is 5.92 Å². The van der Waals surface area contributed by atoms with E-state index < -0.39 is 23.6 Å². The number of carboxylic acid groups (broad SMARTS) is 1. The normalized spacial score (nSPS) is 33.0. The van der Waals surface area contributed by atoms with Crippen molar-refractivity contribution < 1.29 is 19.4 Å². The van der Waals surface area contributed by atoms with Crippen LogP contribution in [0.25, 0.3) is 0 Å². The summed E-state index contributed by atoms with van der Waals surface area (Å²) in [4.78, 5) is 15.6. The van der Waals surface area contributed by atoms with Crippen molar-refractivity contribution in [3.05, 3.63) is 29.6 Å².